The molecule has 38 heavy (non-hydrogen) atoms. The van der Waals surface area contributed by atoms with E-state index in [1.165, 1.54) is 24.8 Å². The fourth-order valence-electron chi connectivity index (χ4n) is 5.92. The Morgan fingerprint density at radius 2 is 1.87 bits per heavy atom. The maximum Gasteiger partial charge on any atom is 0.252 e. The summed E-state index contributed by atoms with van der Waals surface area (Å²) in [6.07, 6.45) is 7.62. The van der Waals surface area contributed by atoms with Crippen molar-refractivity contribution in [1.29, 1.82) is 0 Å². The number of nitrogens with zero attached hydrogens (tertiary/aromatic N) is 5. The molecule has 0 radical (unpaired) electrons. The summed E-state index contributed by atoms with van der Waals surface area (Å²) in [6.45, 7) is 3.64. The van der Waals surface area contributed by atoms with Crippen LogP contribution in [0.2, 0.25) is 0 Å². The van der Waals surface area contributed by atoms with Crippen LogP contribution in [0.4, 0.5) is 0 Å². The lowest BCUT2D eigenvalue weighted by Crippen LogP contribution is -2.41. The Hall–Kier alpha value is -3.72. The summed E-state index contributed by atoms with van der Waals surface area (Å²) in [5.74, 6) is 2.25. The first-order valence-electron chi connectivity index (χ1n) is 13.7. The summed E-state index contributed by atoms with van der Waals surface area (Å²) in [5, 5.41) is 13.9. The van der Waals surface area contributed by atoms with E-state index in [-0.39, 0.29) is 18.4 Å². The number of aryl methyl sites for hydroxylation is 2. The molecule has 3 heterocycles. The van der Waals surface area contributed by atoms with Gasteiger partial charge in [-0.3, -0.25) is 9.69 Å². The van der Waals surface area contributed by atoms with Gasteiger partial charge >= 0.3 is 0 Å². The van der Waals surface area contributed by atoms with Gasteiger partial charge in [-0.15, -0.1) is 5.10 Å². The lowest BCUT2D eigenvalue weighted by molar-refractivity contribution is 0.0841. The molecule has 0 spiro atoms. The van der Waals surface area contributed by atoms with Gasteiger partial charge in [0.2, 0.25) is 6.79 Å². The predicted octanol–water partition coefficient (Wildman–Crippen LogP) is 4.77. The summed E-state index contributed by atoms with van der Waals surface area (Å²) >= 11 is 0. The molecule has 9 nitrogen and oxygen atoms in total. The van der Waals surface area contributed by atoms with Gasteiger partial charge in [-0.05, 0) is 53.8 Å². The smallest absolute Gasteiger partial charge is 0.252 e. The molecule has 9 heteroatoms. The van der Waals surface area contributed by atoms with Gasteiger partial charge in [-0.2, -0.15) is 0 Å². The summed E-state index contributed by atoms with van der Waals surface area (Å²) < 4.78 is 13.0. The standard InChI is InChI=1S/C29H34N6O3/c1-2-25(28-31-32-33-35(28)14-13-20-9-5-3-6-10-20)34(23-11-7-4-8-12-23)18-22-15-21-16-26-27(38-19-37-26)17-24(21)30-29(22)36/h3,5-6,9-10,15-17,23,25H,2,4,7-8,11-14,18-19H2,1H3,(H,30,36). The zero-order valence-electron chi connectivity index (χ0n) is 21.8. The van der Waals surface area contributed by atoms with Gasteiger partial charge in [0.25, 0.3) is 5.56 Å². The second kappa shape index (κ2) is 10.9. The average Bonchev–Trinajstić information content (AvgIpc) is 3.61. The Balaban J connectivity index is 1.32. The number of pyridine rings is 1. The second-order valence-electron chi connectivity index (χ2n) is 10.3. The highest BCUT2D eigenvalue weighted by atomic mass is 16.7. The number of aromatic nitrogens is 5. The molecule has 1 aliphatic carbocycles. The third kappa shape index (κ3) is 5.03. The van der Waals surface area contributed by atoms with Crippen molar-refractivity contribution < 1.29 is 9.47 Å². The van der Waals surface area contributed by atoms with Crippen LogP contribution in [0.25, 0.3) is 10.9 Å². The van der Waals surface area contributed by atoms with E-state index in [1.54, 1.807) is 0 Å². The molecule has 1 unspecified atom stereocenters. The third-order valence-electron chi connectivity index (χ3n) is 7.91. The highest BCUT2D eigenvalue weighted by Crippen LogP contribution is 2.36. The maximum atomic E-state index is 13.3. The topological polar surface area (TPSA) is 98.2 Å². The van der Waals surface area contributed by atoms with Gasteiger partial charge < -0.3 is 14.5 Å². The molecule has 198 valence electrons. The number of rotatable bonds is 9. The summed E-state index contributed by atoms with van der Waals surface area (Å²) in [4.78, 5) is 18.8. The molecular formula is C29H34N6O3. The molecule has 1 fully saturated rings. The third-order valence-corrected chi connectivity index (χ3v) is 7.91. The highest BCUT2D eigenvalue weighted by molar-refractivity contribution is 5.83. The van der Waals surface area contributed by atoms with Gasteiger partial charge in [-0.1, -0.05) is 56.5 Å². The minimum atomic E-state index is -0.0734. The quantitative estimate of drug-likeness (QED) is 0.343. The summed E-state index contributed by atoms with van der Waals surface area (Å²) in [7, 11) is 0. The number of fused-ring (bicyclic) bond motifs is 2. The van der Waals surface area contributed by atoms with Gasteiger partial charge in [0.1, 0.15) is 0 Å². The molecule has 6 rings (SSSR count). The second-order valence-corrected chi connectivity index (χ2v) is 10.3. The molecular weight excluding hydrogens is 480 g/mol. The molecule has 4 aromatic rings. The number of H-pyrrole nitrogens is 1. The molecule has 2 aliphatic rings. The largest absolute Gasteiger partial charge is 0.454 e. The molecule has 1 saturated carbocycles. The lowest BCUT2D eigenvalue weighted by Gasteiger charge is -2.39. The van der Waals surface area contributed by atoms with Crippen LogP contribution < -0.4 is 15.0 Å². The Morgan fingerprint density at radius 3 is 2.66 bits per heavy atom. The van der Waals surface area contributed by atoms with E-state index in [9.17, 15) is 4.79 Å². The molecule has 1 aliphatic heterocycles. The van der Waals surface area contributed by atoms with Crippen molar-refractivity contribution in [2.45, 2.75) is 77.0 Å². The lowest BCUT2D eigenvalue weighted by atomic mass is 9.92. The molecule has 1 N–H and O–H groups in total. The number of hydrogen-bond donors (Lipinski definition) is 1. The van der Waals surface area contributed by atoms with E-state index in [0.717, 1.165) is 48.0 Å². The van der Waals surface area contributed by atoms with Gasteiger partial charge in [0.15, 0.2) is 17.3 Å². The van der Waals surface area contributed by atoms with Crippen LogP contribution in [-0.4, -0.2) is 42.9 Å². The first kappa shape index (κ1) is 24.6. The van der Waals surface area contributed by atoms with Crippen LogP contribution in [0, 0.1) is 0 Å². The van der Waals surface area contributed by atoms with Crippen LogP contribution in [0.5, 0.6) is 11.5 Å². The van der Waals surface area contributed by atoms with Crippen molar-refractivity contribution in [1.82, 2.24) is 30.1 Å². The van der Waals surface area contributed by atoms with Crippen LogP contribution in [0.1, 0.15) is 68.4 Å². The first-order chi connectivity index (χ1) is 18.7. The van der Waals surface area contributed by atoms with Gasteiger partial charge in [0.05, 0.1) is 11.6 Å². The van der Waals surface area contributed by atoms with E-state index in [4.69, 9.17) is 9.47 Å². The van der Waals surface area contributed by atoms with Crippen molar-refractivity contribution in [2.24, 2.45) is 0 Å². The molecule has 0 amide bonds. The molecule has 0 saturated heterocycles. The van der Waals surface area contributed by atoms with Crippen molar-refractivity contribution >= 4 is 10.9 Å². The number of hydrogen-bond acceptors (Lipinski definition) is 7. The van der Waals surface area contributed by atoms with Crippen LogP contribution in [-0.2, 0) is 19.5 Å². The average molecular weight is 515 g/mol. The predicted molar refractivity (Wildman–Crippen MR) is 144 cm³/mol. The zero-order chi connectivity index (χ0) is 25.9. The van der Waals surface area contributed by atoms with Gasteiger partial charge in [-0.25, -0.2) is 4.68 Å². The van der Waals surface area contributed by atoms with E-state index in [0.29, 0.717) is 30.6 Å². The molecule has 2 aromatic carbocycles. The Bertz CT molecular complexity index is 1440. The van der Waals surface area contributed by atoms with Gasteiger partial charge in [0, 0.05) is 36.1 Å². The number of tetrazole rings is 1. The minimum absolute atomic E-state index is 0.00993. The Morgan fingerprint density at radius 1 is 1.08 bits per heavy atom. The van der Waals surface area contributed by atoms with Crippen molar-refractivity contribution in [3.05, 3.63) is 75.8 Å². The minimum Gasteiger partial charge on any atom is -0.454 e. The fraction of sp³-hybridized carbons (Fsp3) is 0.448. The number of nitrogens with one attached hydrogen (secondary N) is 1. The zero-order valence-corrected chi connectivity index (χ0v) is 21.8. The molecule has 1 atom stereocenters. The highest BCUT2D eigenvalue weighted by Gasteiger charge is 2.32. The first-order valence-corrected chi connectivity index (χ1v) is 13.7. The normalized spacial score (nSPS) is 16.4. The van der Waals surface area contributed by atoms with Crippen LogP contribution in [0.3, 0.4) is 0 Å². The van der Waals surface area contributed by atoms with Crippen LogP contribution >= 0.6 is 0 Å². The Labute approximate surface area is 221 Å². The number of aromatic amines is 1. The summed E-state index contributed by atoms with van der Waals surface area (Å²) in [6, 6.07) is 16.6. The maximum absolute atomic E-state index is 13.3. The van der Waals surface area contributed by atoms with Crippen molar-refractivity contribution in [2.75, 3.05) is 6.79 Å². The number of ether oxygens (including phenoxy) is 2. The van der Waals surface area contributed by atoms with E-state index >= 15 is 0 Å². The molecule has 2 aromatic heterocycles. The van der Waals surface area contributed by atoms with Crippen molar-refractivity contribution in [3.63, 3.8) is 0 Å². The van der Waals surface area contributed by atoms with Crippen molar-refractivity contribution in [3.8, 4) is 11.5 Å². The molecule has 0 bridgehead atoms. The Kier molecular flexibility index (Phi) is 7.09. The van der Waals surface area contributed by atoms with E-state index < -0.39 is 0 Å². The number of benzene rings is 2. The monoisotopic (exact) mass is 514 g/mol. The van der Waals surface area contributed by atoms with E-state index in [1.807, 2.05) is 28.9 Å². The van der Waals surface area contributed by atoms with E-state index in [2.05, 4.69) is 56.6 Å². The van der Waals surface area contributed by atoms with Crippen LogP contribution in [0.15, 0.2) is 53.3 Å². The SMILES string of the molecule is CCC(c1nnnn1CCc1ccccc1)N(Cc1cc2cc3c(cc2[nH]c1=O)OCO3)C1CCCCC1. The summed E-state index contributed by atoms with van der Waals surface area (Å²) in [5.41, 5.74) is 2.68. The fourth-order valence-corrected chi connectivity index (χ4v) is 5.92.